The van der Waals surface area contributed by atoms with Crippen LogP contribution in [0.25, 0.3) is 0 Å². The summed E-state index contributed by atoms with van der Waals surface area (Å²) in [5, 5.41) is 0. The largest absolute Gasteiger partial charge is 0.497 e. The first-order chi connectivity index (χ1) is 16.6. The van der Waals surface area contributed by atoms with Gasteiger partial charge in [-0.05, 0) is 78.7 Å². The van der Waals surface area contributed by atoms with E-state index in [1.54, 1.807) is 29.2 Å². The molecule has 0 spiro atoms. The van der Waals surface area contributed by atoms with E-state index in [4.69, 9.17) is 4.74 Å². The molecule has 3 rings (SSSR count). The quantitative estimate of drug-likeness (QED) is 0.435. The van der Waals surface area contributed by atoms with Crippen LogP contribution in [0.3, 0.4) is 0 Å². The predicted molar refractivity (Wildman–Crippen MR) is 136 cm³/mol. The molecule has 1 amide bonds. The Kier molecular flexibility index (Phi) is 8.34. The van der Waals surface area contributed by atoms with Crippen LogP contribution in [0.1, 0.15) is 29.3 Å². The fourth-order valence-electron chi connectivity index (χ4n) is 3.68. The minimum atomic E-state index is -3.83. The van der Waals surface area contributed by atoms with E-state index in [0.717, 1.165) is 17.7 Å². The second-order valence-electron chi connectivity index (χ2n) is 8.25. The number of carbonyl (C=O) groups excluding carboxylic acids is 1. The SMILES string of the molecule is CCCN(Cc1cc(NS(=O)(=O)c2ccc(OC)cc2)ccc1N(C)C)C(=O)c1ccc(F)cc1. The lowest BCUT2D eigenvalue weighted by atomic mass is 10.1. The normalized spacial score (nSPS) is 11.1. The number of amides is 1. The van der Waals surface area contributed by atoms with E-state index in [0.29, 0.717) is 23.5 Å². The molecule has 0 bridgehead atoms. The average Bonchev–Trinajstić information content (AvgIpc) is 2.83. The van der Waals surface area contributed by atoms with E-state index in [1.165, 1.54) is 43.5 Å². The van der Waals surface area contributed by atoms with Gasteiger partial charge in [0.1, 0.15) is 11.6 Å². The third kappa shape index (κ3) is 6.51. The van der Waals surface area contributed by atoms with E-state index >= 15 is 0 Å². The van der Waals surface area contributed by atoms with Crippen molar-refractivity contribution in [2.24, 2.45) is 0 Å². The van der Waals surface area contributed by atoms with Crippen molar-refractivity contribution in [3.05, 3.63) is 83.7 Å². The monoisotopic (exact) mass is 499 g/mol. The van der Waals surface area contributed by atoms with Crippen molar-refractivity contribution in [1.82, 2.24) is 4.90 Å². The van der Waals surface area contributed by atoms with Gasteiger partial charge in [-0.1, -0.05) is 6.92 Å². The highest BCUT2D eigenvalue weighted by atomic mass is 32.2. The molecule has 7 nitrogen and oxygen atoms in total. The topological polar surface area (TPSA) is 79.0 Å². The van der Waals surface area contributed by atoms with E-state index < -0.39 is 15.8 Å². The first-order valence-corrected chi connectivity index (χ1v) is 12.6. The van der Waals surface area contributed by atoms with Gasteiger partial charge in [0.25, 0.3) is 15.9 Å². The van der Waals surface area contributed by atoms with Crippen molar-refractivity contribution in [2.45, 2.75) is 24.8 Å². The fraction of sp³-hybridized carbons (Fsp3) is 0.269. The summed E-state index contributed by atoms with van der Waals surface area (Å²) >= 11 is 0. The Morgan fingerprint density at radius 1 is 1.00 bits per heavy atom. The molecule has 0 aliphatic heterocycles. The molecule has 0 radical (unpaired) electrons. The molecule has 0 saturated carbocycles. The van der Waals surface area contributed by atoms with Gasteiger partial charge in [0, 0.05) is 44.1 Å². The summed E-state index contributed by atoms with van der Waals surface area (Å²) in [7, 11) is 1.45. The van der Waals surface area contributed by atoms with Crippen LogP contribution in [0.2, 0.25) is 0 Å². The Morgan fingerprint density at radius 2 is 1.66 bits per heavy atom. The number of nitrogens with zero attached hydrogens (tertiary/aromatic N) is 2. The maximum atomic E-state index is 13.3. The predicted octanol–water partition coefficient (Wildman–Crippen LogP) is 4.75. The van der Waals surface area contributed by atoms with Crippen LogP contribution in [-0.4, -0.2) is 47.0 Å². The zero-order valence-corrected chi connectivity index (χ0v) is 21.1. The second-order valence-corrected chi connectivity index (χ2v) is 9.93. The second kappa shape index (κ2) is 11.2. The van der Waals surface area contributed by atoms with Crippen LogP contribution in [0.4, 0.5) is 15.8 Å². The van der Waals surface area contributed by atoms with Crippen molar-refractivity contribution in [1.29, 1.82) is 0 Å². The highest BCUT2D eigenvalue weighted by Gasteiger charge is 2.20. The Balaban J connectivity index is 1.91. The van der Waals surface area contributed by atoms with Crippen LogP contribution < -0.4 is 14.4 Å². The van der Waals surface area contributed by atoms with Gasteiger partial charge in [-0.2, -0.15) is 0 Å². The number of ether oxygens (including phenoxy) is 1. The Bertz CT molecular complexity index is 1260. The fourth-order valence-corrected chi connectivity index (χ4v) is 4.73. The molecule has 3 aromatic rings. The molecule has 0 fully saturated rings. The van der Waals surface area contributed by atoms with Gasteiger partial charge in [0.15, 0.2) is 0 Å². The number of sulfonamides is 1. The summed E-state index contributed by atoms with van der Waals surface area (Å²) in [5.74, 6) is -0.0699. The first kappa shape index (κ1) is 26.0. The first-order valence-electron chi connectivity index (χ1n) is 11.2. The maximum Gasteiger partial charge on any atom is 0.261 e. The summed E-state index contributed by atoms with van der Waals surface area (Å²) in [6.45, 7) is 2.72. The minimum absolute atomic E-state index is 0.107. The van der Waals surface area contributed by atoms with Crippen molar-refractivity contribution in [2.75, 3.05) is 37.4 Å². The molecule has 0 unspecified atom stereocenters. The molecule has 3 aromatic carbocycles. The van der Waals surface area contributed by atoms with Crippen molar-refractivity contribution in [3.8, 4) is 5.75 Å². The van der Waals surface area contributed by atoms with Gasteiger partial charge in [-0.25, -0.2) is 12.8 Å². The zero-order chi connectivity index (χ0) is 25.6. The number of hydrogen-bond donors (Lipinski definition) is 1. The number of carbonyl (C=O) groups is 1. The molecule has 186 valence electrons. The highest BCUT2D eigenvalue weighted by molar-refractivity contribution is 7.92. The smallest absolute Gasteiger partial charge is 0.261 e. The lowest BCUT2D eigenvalue weighted by Crippen LogP contribution is -2.32. The molecular weight excluding hydrogens is 469 g/mol. The molecule has 9 heteroatoms. The Hall–Kier alpha value is -3.59. The van der Waals surface area contributed by atoms with Gasteiger partial charge in [0.2, 0.25) is 0 Å². The molecule has 35 heavy (non-hydrogen) atoms. The van der Waals surface area contributed by atoms with Gasteiger partial charge in [0.05, 0.1) is 12.0 Å². The lowest BCUT2D eigenvalue weighted by Gasteiger charge is -2.26. The molecule has 0 saturated heterocycles. The molecule has 0 atom stereocenters. The molecule has 0 aliphatic rings. The van der Waals surface area contributed by atoms with Crippen LogP contribution in [0.15, 0.2) is 71.6 Å². The summed E-state index contributed by atoms with van der Waals surface area (Å²) in [6, 6.07) is 16.8. The maximum absolute atomic E-state index is 13.3. The average molecular weight is 500 g/mol. The van der Waals surface area contributed by atoms with E-state index in [1.807, 2.05) is 32.0 Å². The van der Waals surface area contributed by atoms with Gasteiger partial charge in [-0.15, -0.1) is 0 Å². The Labute approximate surface area is 206 Å². The number of benzene rings is 3. The zero-order valence-electron chi connectivity index (χ0n) is 20.3. The molecule has 0 aliphatic carbocycles. The summed E-state index contributed by atoms with van der Waals surface area (Å²) < 4.78 is 46.9. The molecule has 0 aromatic heterocycles. The van der Waals surface area contributed by atoms with Crippen molar-refractivity contribution in [3.63, 3.8) is 0 Å². The summed E-state index contributed by atoms with van der Waals surface area (Å²) in [5.41, 5.74) is 2.40. The van der Waals surface area contributed by atoms with Gasteiger partial charge >= 0.3 is 0 Å². The third-order valence-corrected chi connectivity index (χ3v) is 6.81. The number of rotatable bonds is 10. The molecular formula is C26H30FN3O4S. The van der Waals surface area contributed by atoms with E-state index in [-0.39, 0.29) is 17.3 Å². The van der Waals surface area contributed by atoms with Crippen LogP contribution in [-0.2, 0) is 16.6 Å². The number of hydrogen-bond acceptors (Lipinski definition) is 5. The van der Waals surface area contributed by atoms with E-state index in [9.17, 15) is 17.6 Å². The van der Waals surface area contributed by atoms with Crippen molar-refractivity contribution < 1.29 is 22.3 Å². The van der Waals surface area contributed by atoms with E-state index in [2.05, 4.69) is 4.72 Å². The van der Waals surface area contributed by atoms with Gasteiger partial charge in [-0.3, -0.25) is 9.52 Å². The number of nitrogens with one attached hydrogen (secondary N) is 1. The van der Waals surface area contributed by atoms with Gasteiger partial charge < -0.3 is 14.5 Å². The minimum Gasteiger partial charge on any atom is -0.497 e. The molecule has 0 heterocycles. The van der Waals surface area contributed by atoms with Crippen molar-refractivity contribution >= 4 is 27.3 Å². The van der Waals surface area contributed by atoms with Crippen LogP contribution >= 0.6 is 0 Å². The van der Waals surface area contributed by atoms with Crippen LogP contribution in [0, 0.1) is 5.82 Å². The third-order valence-electron chi connectivity index (χ3n) is 5.42. The number of methoxy groups -OCH3 is 1. The highest BCUT2D eigenvalue weighted by Crippen LogP contribution is 2.27. The number of anilines is 2. The lowest BCUT2D eigenvalue weighted by molar-refractivity contribution is 0.0743. The number of halogens is 1. The van der Waals surface area contributed by atoms with Crippen LogP contribution in [0.5, 0.6) is 5.75 Å². The standard InChI is InChI=1S/C26H30FN3O4S/c1-5-16-30(26(31)19-6-8-21(27)9-7-19)18-20-17-22(10-15-25(20)29(2)3)28-35(32,33)24-13-11-23(34-4)12-14-24/h6-15,17,28H,5,16,18H2,1-4H3. The Morgan fingerprint density at radius 3 is 2.23 bits per heavy atom. The summed E-state index contributed by atoms with van der Waals surface area (Å²) in [4.78, 5) is 16.8. The summed E-state index contributed by atoms with van der Waals surface area (Å²) in [6.07, 6.45) is 0.730. The molecule has 1 N–H and O–H groups in total.